The van der Waals surface area contributed by atoms with Gasteiger partial charge in [0.25, 0.3) is 0 Å². The molecule has 1 heterocycles. The number of hydrogen-bond acceptors (Lipinski definition) is 3. The van der Waals surface area contributed by atoms with Gasteiger partial charge < -0.3 is 10.2 Å². The molecular formula is C13H24N2O. The second-order valence-electron chi connectivity index (χ2n) is 4.92. The van der Waals surface area contributed by atoms with Crippen LogP contribution in [0.15, 0.2) is 10.5 Å². The van der Waals surface area contributed by atoms with Crippen LogP contribution in [0.3, 0.4) is 0 Å². The van der Waals surface area contributed by atoms with Crippen molar-refractivity contribution in [2.45, 2.75) is 40.3 Å². The minimum atomic E-state index is 0.561. The highest BCUT2D eigenvalue weighted by molar-refractivity contribution is 5.20. The van der Waals surface area contributed by atoms with E-state index in [9.17, 15) is 0 Å². The zero-order valence-electron chi connectivity index (χ0n) is 10.9. The van der Waals surface area contributed by atoms with Crippen molar-refractivity contribution in [2.75, 3.05) is 13.6 Å². The first-order valence-corrected chi connectivity index (χ1v) is 5.99. The van der Waals surface area contributed by atoms with Gasteiger partial charge in [-0.2, -0.15) is 0 Å². The van der Waals surface area contributed by atoms with Gasteiger partial charge in [-0.25, -0.2) is 0 Å². The number of nitrogens with two attached hydrogens (primary N) is 1. The van der Waals surface area contributed by atoms with E-state index in [-0.39, 0.29) is 0 Å². The molecule has 0 atom stereocenters. The normalized spacial score (nSPS) is 11.7. The number of nitrogens with zero attached hydrogens (tertiary/aromatic N) is 1. The summed E-state index contributed by atoms with van der Waals surface area (Å²) in [4.78, 5) is 2.29. The van der Waals surface area contributed by atoms with Crippen molar-refractivity contribution in [3.8, 4) is 0 Å². The van der Waals surface area contributed by atoms with Crippen LogP contribution in [-0.4, -0.2) is 18.5 Å². The monoisotopic (exact) mass is 224 g/mol. The van der Waals surface area contributed by atoms with Gasteiger partial charge in [-0.1, -0.05) is 13.8 Å². The zero-order valence-corrected chi connectivity index (χ0v) is 10.9. The third-order valence-electron chi connectivity index (χ3n) is 2.81. The number of hydrogen-bond donors (Lipinski definition) is 1. The van der Waals surface area contributed by atoms with Crippen LogP contribution in [0.2, 0.25) is 0 Å². The Morgan fingerprint density at radius 3 is 2.62 bits per heavy atom. The Labute approximate surface area is 98.6 Å². The van der Waals surface area contributed by atoms with Crippen LogP contribution in [0.4, 0.5) is 0 Å². The van der Waals surface area contributed by atoms with Gasteiger partial charge in [0.1, 0.15) is 11.5 Å². The van der Waals surface area contributed by atoms with Gasteiger partial charge in [0.05, 0.1) is 6.54 Å². The van der Waals surface area contributed by atoms with E-state index < -0.39 is 0 Å². The summed E-state index contributed by atoms with van der Waals surface area (Å²) in [6, 6.07) is 2.07. The first-order valence-electron chi connectivity index (χ1n) is 5.99. The van der Waals surface area contributed by atoms with Crippen molar-refractivity contribution in [1.29, 1.82) is 0 Å². The molecular weight excluding hydrogens is 200 g/mol. The minimum Gasteiger partial charge on any atom is -0.465 e. The van der Waals surface area contributed by atoms with Crippen molar-refractivity contribution < 1.29 is 4.42 Å². The minimum absolute atomic E-state index is 0.561. The highest BCUT2D eigenvalue weighted by atomic mass is 16.3. The van der Waals surface area contributed by atoms with Gasteiger partial charge in [0.15, 0.2) is 0 Å². The maximum atomic E-state index is 5.66. The molecule has 0 amide bonds. The Hall–Kier alpha value is -0.800. The lowest BCUT2D eigenvalue weighted by Gasteiger charge is -2.16. The molecule has 0 aliphatic rings. The molecule has 0 aliphatic carbocycles. The summed E-state index contributed by atoms with van der Waals surface area (Å²) >= 11 is 0. The van der Waals surface area contributed by atoms with Crippen LogP contribution in [-0.2, 0) is 13.1 Å². The van der Waals surface area contributed by atoms with Gasteiger partial charge >= 0.3 is 0 Å². The second-order valence-corrected chi connectivity index (χ2v) is 4.92. The molecule has 0 spiro atoms. The Morgan fingerprint density at radius 1 is 1.44 bits per heavy atom. The summed E-state index contributed by atoms with van der Waals surface area (Å²) in [5.41, 5.74) is 6.74. The first-order chi connectivity index (χ1) is 7.52. The lowest BCUT2D eigenvalue weighted by Crippen LogP contribution is -2.20. The summed E-state index contributed by atoms with van der Waals surface area (Å²) in [7, 11) is 2.13. The first kappa shape index (κ1) is 13.3. The molecule has 0 unspecified atom stereocenters. The topological polar surface area (TPSA) is 42.4 Å². The zero-order chi connectivity index (χ0) is 12.1. The van der Waals surface area contributed by atoms with Crippen LogP contribution in [0.1, 0.15) is 37.4 Å². The molecule has 0 fully saturated rings. The van der Waals surface area contributed by atoms with Crippen LogP contribution < -0.4 is 5.73 Å². The molecule has 0 bridgehead atoms. The molecule has 0 saturated carbocycles. The maximum Gasteiger partial charge on any atom is 0.118 e. The van der Waals surface area contributed by atoms with E-state index >= 15 is 0 Å². The summed E-state index contributed by atoms with van der Waals surface area (Å²) in [6.45, 7) is 9.00. The Balaban J connectivity index is 2.46. The molecule has 0 aromatic carbocycles. The summed E-state index contributed by atoms with van der Waals surface area (Å²) < 4.78 is 5.66. The van der Waals surface area contributed by atoms with E-state index in [0.717, 1.165) is 36.1 Å². The SMILES string of the molecule is Cc1oc(CN(C)CCC(C)C)cc1CN. The Morgan fingerprint density at radius 2 is 2.12 bits per heavy atom. The summed E-state index contributed by atoms with van der Waals surface area (Å²) in [5, 5.41) is 0. The summed E-state index contributed by atoms with van der Waals surface area (Å²) in [5.74, 6) is 2.72. The fraction of sp³-hybridized carbons (Fsp3) is 0.692. The maximum absolute atomic E-state index is 5.66. The fourth-order valence-electron chi connectivity index (χ4n) is 1.69. The molecule has 0 saturated heterocycles. The Bertz CT molecular complexity index is 318. The average molecular weight is 224 g/mol. The van der Waals surface area contributed by atoms with Crippen molar-refractivity contribution in [3.63, 3.8) is 0 Å². The van der Waals surface area contributed by atoms with Gasteiger partial charge in [-0.3, -0.25) is 4.90 Å². The van der Waals surface area contributed by atoms with Crippen LogP contribution in [0.25, 0.3) is 0 Å². The summed E-state index contributed by atoms with van der Waals surface area (Å²) in [6.07, 6.45) is 1.22. The molecule has 16 heavy (non-hydrogen) atoms. The van der Waals surface area contributed by atoms with Crippen LogP contribution in [0, 0.1) is 12.8 Å². The number of furan rings is 1. The van der Waals surface area contributed by atoms with E-state index in [0.29, 0.717) is 6.54 Å². The smallest absolute Gasteiger partial charge is 0.118 e. The van der Waals surface area contributed by atoms with Crippen LogP contribution >= 0.6 is 0 Å². The van der Waals surface area contributed by atoms with E-state index in [2.05, 4.69) is 31.9 Å². The number of aryl methyl sites for hydroxylation is 1. The van der Waals surface area contributed by atoms with Crippen molar-refractivity contribution >= 4 is 0 Å². The molecule has 92 valence electrons. The molecule has 3 nitrogen and oxygen atoms in total. The standard InChI is InChI=1S/C13H24N2O/c1-10(2)5-6-15(4)9-13-7-12(8-14)11(3)16-13/h7,10H,5-6,8-9,14H2,1-4H3. The lowest BCUT2D eigenvalue weighted by molar-refractivity contribution is 0.276. The third-order valence-corrected chi connectivity index (χ3v) is 2.81. The molecule has 2 N–H and O–H groups in total. The highest BCUT2D eigenvalue weighted by Crippen LogP contribution is 2.15. The molecule has 1 aromatic rings. The quantitative estimate of drug-likeness (QED) is 0.807. The third kappa shape index (κ3) is 3.99. The second kappa shape index (κ2) is 6.06. The Kier molecular flexibility index (Phi) is 5.03. The lowest BCUT2D eigenvalue weighted by atomic mass is 10.1. The van der Waals surface area contributed by atoms with Gasteiger partial charge in [0, 0.05) is 12.1 Å². The van der Waals surface area contributed by atoms with Gasteiger partial charge in [0.2, 0.25) is 0 Å². The molecule has 0 aliphatic heterocycles. The number of rotatable bonds is 6. The van der Waals surface area contributed by atoms with E-state index in [1.54, 1.807) is 0 Å². The molecule has 1 rings (SSSR count). The predicted octanol–water partition coefficient (Wildman–Crippen LogP) is 2.52. The van der Waals surface area contributed by atoms with Crippen LogP contribution in [0.5, 0.6) is 0 Å². The van der Waals surface area contributed by atoms with Crippen molar-refractivity contribution in [3.05, 3.63) is 23.2 Å². The van der Waals surface area contributed by atoms with Crippen molar-refractivity contribution in [1.82, 2.24) is 4.90 Å². The predicted molar refractivity (Wildman–Crippen MR) is 67.1 cm³/mol. The van der Waals surface area contributed by atoms with E-state index in [4.69, 9.17) is 10.2 Å². The van der Waals surface area contributed by atoms with Crippen molar-refractivity contribution in [2.24, 2.45) is 11.7 Å². The average Bonchev–Trinajstić information content (AvgIpc) is 2.55. The largest absolute Gasteiger partial charge is 0.465 e. The van der Waals surface area contributed by atoms with E-state index in [1.807, 2.05) is 6.92 Å². The van der Waals surface area contributed by atoms with Gasteiger partial charge in [-0.05, 0) is 38.9 Å². The highest BCUT2D eigenvalue weighted by Gasteiger charge is 2.08. The van der Waals surface area contributed by atoms with Gasteiger partial charge in [-0.15, -0.1) is 0 Å². The fourth-order valence-corrected chi connectivity index (χ4v) is 1.69. The molecule has 0 radical (unpaired) electrons. The molecule has 1 aromatic heterocycles. The molecule has 3 heteroatoms. The van der Waals surface area contributed by atoms with E-state index in [1.165, 1.54) is 6.42 Å².